The van der Waals surface area contributed by atoms with E-state index >= 15 is 0 Å². The number of nitrogen functional groups attached to an aromatic ring is 1. The van der Waals surface area contributed by atoms with Gasteiger partial charge in [-0.3, -0.25) is 14.7 Å². The molecular formula is C18H22N10O2. The summed E-state index contributed by atoms with van der Waals surface area (Å²) >= 11 is 0. The van der Waals surface area contributed by atoms with Gasteiger partial charge in [-0.15, -0.1) is 5.10 Å². The molecule has 30 heavy (non-hydrogen) atoms. The second-order valence-corrected chi connectivity index (χ2v) is 6.98. The molecule has 0 atom stereocenters. The van der Waals surface area contributed by atoms with Gasteiger partial charge in [-0.1, -0.05) is 11.6 Å². The maximum Gasteiger partial charge on any atom is 0.292 e. The Morgan fingerprint density at radius 2 is 2.00 bits per heavy atom. The summed E-state index contributed by atoms with van der Waals surface area (Å²) in [6.07, 6.45) is 6.76. The minimum atomic E-state index is -0.484. The number of piperidine rings is 1. The molecule has 0 aromatic carbocycles. The van der Waals surface area contributed by atoms with Crippen molar-refractivity contribution in [1.29, 1.82) is 0 Å². The predicted molar refractivity (Wildman–Crippen MR) is 107 cm³/mol. The van der Waals surface area contributed by atoms with E-state index in [0.717, 1.165) is 31.5 Å². The summed E-state index contributed by atoms with van der Waals surface area (Å²) in [5.41, 5.74) is 10.5. The first-order valence-corrected chi connectivity index (χ1v) is 9.64. The first kappa shape index (κ1) is 19.6. The number of nitrogens with one attached hydrogen (secondary N) is 1. The van der Waals surface area contributed by atoms with E-state index in [0.29, 0.717) is 18.0 Å². The minimum Gasteiger partial charge on any atom is -0.378 e. The van der Waals surface area contributed by atoms with Gasteiger partial charge in [0.2, 0.25) is 11.6 Å². The fourth-order valence-corrected chi connectivity index (χ4v) is 3.31. The summed E-state index contributed by atoms with van der Waals surface area (Å²) in [7, 11) is 0. The van der Waals surface area contributed by atoms with Crippen LogP contribution in [0.25, 0.3) is 5.82 Å². The van der Waals surface area contributed by atoms with Crippen molar-refractivity contribution >= 4 is 17.4 Å². The molecule has 0 aliphatic carbocycles. The summed E-state index contributed by atoms with van der Waals surface area (Å²) in [6.45, 7) is 4.17. The number of likely N-dealkylation sites (tertiary alicyclic amines) is 1. The van der Waals surface area contributed by atoms with Crippen LogP contribution < -0.4 is 11.2 Å². The third-order valence-corrected chi connectivity index (χ3v) is 4.90. The number of hydrazone groups is 1. The predicted octanol–water partition coefficient (Wildman–Crippen LogP) is 0.767. The standard InChI is InChI=1S/C18H22N10O2/c1-12(13-5-7-20-8-6-13)21-23-18(29)15-14(11-27-9-3-2-4-10-27)22-26-28(15)17-16(19)24-30-25-17/h5-8H,2-4,9-11H2,1H3,(H2,19,24)(H,23,29)/b21-12+. The topological polar surface area (TPSA) is 153 Å². The lowest BCUT2D eigenvalue weighted by atomic mass is 10.1. The van der Waals surface area contributed by atoms with Gasteiger partial charge in [0.25, 0.3) is 5.91 Å². The third kappa shape index (κ3) is 4.17. The van der Waals surface area contributed by atoms with Crippen molar-refractivity contribution in [2.45, 2.75) is 32.7 Å². The summed E-state index contributed by atoms with van der Waals surface area (Å²) in [5.74, 6) is -0.370. The van der Waals surface area contributed by atoms with Gasteiger partial charge in [0.1, 0.15) is 5.69 Å². The number of nitrogens with two attached hydrogens (primary N) is 1. The molecule has 4 rings (SSSR count). The number of hydrogen-bond donors (Lipinski definition) is 2. The molecule has 3 aromatic rings. The van der Waals surface area contributed by atoms with E-state index in [-0.39, 0.29) is 17.3 Å². The van der Waals surface area contributed by atoms with Gasteiger partial charge in [0.15, 0.2) is 5.69 Å². The summed E-state index contributed by atoms with van der Waals surface area (Å²) in [4.78, 5) is 19.3. The normalized spacial score (nSPS) is 15.3. The number of nitrogens with zero attached hydrogens (tertiary/aromatic N) is 8. The maximum atomic E-state index is 13.1. The first-order valence-electron chi connectivity index (χ1n) is 9.64. The van der Waals surface area contributed by atoms with Gasteiger partial charge in [0, 0.05) is 24.5 Å². The van der Waals surface area contributed by atoms with Crippen LogP contribution in [0.15, 0.2) is 34.3 Å². The number of pyridine rings is 1. The Morgan fingerprint density at radius 1 is 1.23 bits per heavy atom. The molecule has 4 heterocycles. The van der Waals surface area contributed by atoms with Crippen molar-refractivity contribution in [3.05, 3.63) is 41.5 Å². The number of hydrogen-bond acceptors (Lipinski definition) is 10. The highest BCUT2D eigenvalue weighted by Gasteiger charge is 2.26. The molecule has 12 nitrogen and oxygen atoms in total. The molecule has 1 amide bonds. The number of rotatable bonds is 6. The molecule has 0 bridgehead atoms. The third-order valence-electron chi connectivity index (χ3n) is 4.90. The Balaban J connectivity index is 1.62. The number of amides is 1. The molecular weight excluding hydrogens is 388 g/mol. The van der Waals surface area contributed by atoms with Crippen LogP contribution >= 0.6 is 0 Å². The molecule has 1 fully saturated rings. The van der Waals surface area contributed by atoms with E-state index in [1.54, 1.807) is 31.5 Å². The molecule has 0 saturated carbocycles. The first-order chi connectivity index (χ1) is 14.6. The average Bonchev–Trinajstić information content (AvgIpc) is 3.38. The number of carbonyl (C=O) groups excluding carboxylic acids is 1. The smallest absolute Gasteiger partial charge is 0.292 e. The fourth-order valence-electron chi connectivity index (χ4n) is 3.31. The van der Waals surface area contributed by atoms with E-state index in [1.807, 2.05) is 0 Å². The molecule has 1 aliphatic rings. The van der Waals surface area contributed by atoms with E-state index in [9.17, 15) is 4.79 Å². The second-order valence-electron chi connectivity index (χ2n) is 6.98. The average molecular weight is 410 g/mol. The van der Waals surface area contributed by atoms with Gasteiger partial charge >= 0.3 is 0 Å². The van der Waals surface area contributed by atoms with E-state index in [1.165, 1.54) is 11.1 Å². The highest BCUT2D eigenvalue weighted by atomic mass is 16.6. The van der Waals surface area contributed by atoms with E-state index in [4.69, 9.17) is 5.73 Å². The van der Waals surface area contributed by atoms with Crippen LogP contribution in [-0.2, 0) is 6.54 Å². The zero-order valence-electron chi connectivity index (χ0n) is 16.5. The van der Waals surface area contributed by atoms with Gasteiger partial charge in [-0.2, -0.15) is 9.78 Å². The summed E-state index contributed by atoms with van der Waals surface area (Å²) in [6, 6.07) is 3.61. The van der Waals surface area contributed by atoms with E-state index < -0.39 is 5.91 Å². The molecule has 1 aliphatic heterocycles. The van der Waals surface area contributed by atoms with Crippen LogP contribution in [-0.4, -0.2) is 59.9 Å². The lowest BCUT2D eigenvalue weighted by molar-refractivity contribution is 0.0944. The fraction of sp³-hybridized carbons (Fsp3) is 0.389. The molecule has 1 saturated heterocycles. The highest BCUT2D eigenvalue weighted by molar-refractivity contribution is 6.00. The zero-order valence-corrected chi connectivity index (χ0v) is 16.5. The summed E-state index contributed by atoms with van der Waals surface area (Å²) < 4.78 is 5.89. The van der Waals surface area contributed by atoms with Crippen molar-refractivity contribution in [2.24, 2.45) is 5.10 Å². The summed E-state index contributed by atoms with van der Waals surface area (Å²) in [5, 5.41) is 19.8. The Labute approximate surface area is 172 Å². The van der Waals surface area contributed by atoms with Gasteiger partial charge < -0.3 is 5.73 Å². The lowest BCUT2D eigenvalue weighted by Crippen LogP contribution is -2.31. The van der Waals surface area contributed by atoms with Gasteiger partial charge in [-0.25, -0.2) is 10.1 Å². The van der Waals surface area contributed by atoms with Gasteiger partial charge in [0.05, 0.1) is 5.71 Å². The van der Waals surface area contributed by atoms with Crippen molar-refractivity contribution in [3.8, 4) is 5.82 Å². The molecule has 156 valence electrons. The number of anilines is 1. The Morgan fingerprint density at radius 3 is 2.70 bits per heavy atom. The largest absolute Gasteiger partial charge is 0.378 e. The zero-order chi connectivity index (χ0) is 20.9. The number of carbonyl (C=O) groups is 1. The van der Waals surface area contributed by atoms with Gasteiger partial charge in [-0.05, 0) is 55.3 Å². The van der Waals surface area contributed by atoms with Crippen LogP contribution in [0.2, 0.25) is 0 Å². The van der Waals surface area contributed by atoms with Crippen LogP contribution in [0.1, 0.15) is 47.9 Å². The minimum absolute atomic E-state index is 0.00920. The molecule has 3 aromatic heterocycles. The van der Waals surface area contributed by atoms with Crippen molar-refractivity contribution in [1.82, 2.24) is 40.6 Å². The lowest BCUT2D eigenvalue weighted by Gasteiger charge is -2.25. The van der Waals surface area contributed by atoms with Crippen LogP contribution in [0.4, 0.5) is 5.82 Å². The van der Waals surface area contributed by atoms with Crippen molar-refractivity contribution < 1.29 is 9.42 Å². The quantitative estimate of drug-likeness (QED) is 0.443. The van der Waals surface area contributed by atoms with Crippen LogP contribution in [0, 0.1) is 0 Å². The molecule has 0 spiro atoms. The molecule has 12 heteroatoms. The number of aromatic nitrogens is 6. The Bertz CT molecular complexity index is 1040. The van der Waals surface area contributed by atoms with Crippen LogP contribution in [0.5, 0.6) is 0 Å². The van der Waals surface area contributed by atoms with Crippen molar-refractivity contribution in [2.75, 3.05) is 18.8 Å². The Hall–Kier alpha value is -3.67. The highest BCUT2D eigenvalue weighted by Crippen LogP contribution is 2.19. The second kappa shape index (κ2) is 8.78. The molecule has 3 N–H and O–H groups in total. The SMILES string of the molecule is C/C(=N\NC(=O)c1c(CN2CCCCC2)nnn1-c1nonc1N)c1ccncc1. The van der Waals surface area contributed by atoms with Crippen LogP contribution in [0.3, 0.4) is 0 Å². The Kier molecular flexibility index (Phi) is 5.75. The maximum absolute atomic E-state index is 13.1. The molecule has 0 unspecified atom stereocenters. The van der Waals surface area contributed by atoms with Crippen molar-refractivity contribution in [3.63, 3.8) is 0 Å². The molecule has 0 radical (unpaired) electrons. The van der Waals surface area contributed by atoms with E-state index in [2.05, 4.69) is 45.7 Å². The monoisotopic (exact) mass is 410 g/mol.